The van der Waals surface area contributed by atoms with E-state index in [0.29, 0.717) is 12.4 Å². The van der Waals surface area contributed by atoms with Crippen molar-refractivity contribution in [1.82, 2.24) is 19.7 Å². The zero-order valence-corrected chi connectivity index (χ0v) is 9.21. The van der Waals surface area contributed by atoms with Gasteiger partial charge in [0.1, 0.15) is 6.33 Å². The Kier molecular flexibility index (Phi) is 2.82. The van der Waals surface area contributed by atoms with E-state index < -0.39 is 0 Å². The van der Waals surface area contributed by atoms with E-state index in [2.05, 4.69) is 15.1 Å². The summed E-state index contributed by atoms with van der Waals surface area (Å²) < 4.78 is 6.95. The Balaban J connectivity index is 2.19. The second-order valence-corrected chi connectivity index (χ2v) is 3.40. The highest BCUT2D eigenvalue weighted by atomic mass is 16.5. The van der Waals surface area contributed by atoms with Crippen LogP contribution in [0, 0.1) is 6.92 Å². The number of nitrogens with two attached hydrogens (primary N) is 1. The highest BCUT2D eigenvalue weighted by molar-refractivity contribution is 5.25. The number of pyridine rings is 1. The fourth-order valence-corrected chi connectivity index (χ4v) is 1.30. The molecular formula is C10H13N5O. The number of ether oxygens (including phenoxy) is 1. The van der Waals surface area contributed by atoms with Gasteiger partial charge in [0.05, 0.1) is 0 Å². The van der Waals surface area contributed by atoms with Gasteiger partial charge in [-0.2, -0.15) is 4.98 Å². The van der Waals surface area contributed by atoms with Gasteiger partial charge >= 0.3 is 6.01 Å². The molecule has 0 amide bonds. The molecular weight excluding hydrogens is 206 g/mol. The number of aromatic nitrogens is 4. The Morgan fingerprint density at radius 2 is 2.25 bits per heavy atom. The molecule has 0 fully saturated rings. The van der Waals surface area contributed by atoms with Gasteiger partial charge in [-0.3, -0.25) is 4.68 Å². The lowest BCUT2D eigenvalue weighted by Crippen LogP contribution is -2.01. The second-order valence-electron chi connectivity index (χ2n) is 3.40. The summed E-state index contributed by atoms with van der Waals surface area (Å²) in [5, 5.41) is 4.00. The summed E-state index contributed by atoms with van der Waals surface area (Å²) in [4.78, 5) is 8.21. The molecule has 0 saturated heterocycles. The molecule has 6 nitrogen and oxygen atoms in total. The second kappa shape index (κ2) is 4.28. The van der Waals surface area contributed by atoms with Gasteiger partial charge in [0.15, 0.2) is 0 Å². The van der Waals surface area contributed by atoms with Gasteiger partial charge in [-0.1, -0.05) is 6.07 Å². The number of nitrogens with zero attached hydrogens (tertiary/aromatic N) is 4. The molecule has 0 aliphatic rings. The van der Waals surface area contributed by atoms with Crippen LogP contribution in [0.5, 0.6) is 11.9 Å². The lowest BCUT2D eigenvalue weighted by molar-refractivity contribution is 0.421. The summed E-state index contributed by atoms with van der Waals surface area (Å²) in [6.07, 6.45) is 1.57. The maximum Gasteiger partial charge on any atom is 0.342 e. The van der Waals surface area contributed by atoms with Crippen LogP contribution in [0.4, 0.5) is 0 Å². The summed E-state index contributed by atoms with van der Waals surface area (Å²) in [5.74, 6) is 0.473. The molecule has 0 aliphatic carbocycles. The van der Waals surface area contributed by atoms with Gasteiger partial charge in [-0.05, 0) is 12.5 Å². The average molecular weight is 219 g/mol. The van der Waals surface area contributed by atoms with E-state index in [0.717, 1.165) is 11.3 Å². The Morgan fingerprint density at radius 1 is 1.44 bits per heavy atom. The minimum Gasteiger partial charge on any atom is -0.404 e. The number of rotatable bonds is 3. The zero-order valence-electron chi connectivity index (χ0n) is 9.21. The average Bonchev–Trinajstić information content (AvgIpc) is 2.64. The minimum atomic E-state index is 0.287. The molecule has 0 saturated carbocycles. The van der Waals surface area contributed by atoms with Crippen LogP contribution >= 0.6 is 0 Å². The number of hydrogen-bond acceptors (Lipinski definition) is 5. The maximum absolute atomic E-state index is 5.55. The van der Waals surface area contributed by atoms with Crippen LogP contribution in [0.3, 0.4) is 0 Å². The Bertz CT molecular complexity index is 494. The highest BCUT2D eigenvalue weighted by Crippen LogP contribution is 2.16. The van der Waals surface area contributed by atoms with Crippen molar-refractivity contribution in [2.24, 2.45) is 12.8 Å². The summed E-state index contributed by atoms with van der Waals surface area (Å²) in [7, 11) is 1.77. The monoisotopic (exact) mass is 219 g/mol. The van der Waals surface area contributed by atoms with Gasteiger partial charge in [0, 0.05) is 25.4 Å². The van der Waals surface area contributed by atoms with Crippen molar-refractivity contribution >= 4 is 0 Å². The van der Waals surface area contributed by atoms with Crippen LogP contribution in [0.25, 0.3) is 0 Å². The predicted octanol–water partition coefficient (Wildman–Crippen LogP) is 0.770. The molecule has 0 aromatic carbocycles. The molecule has 0 aliphatic heterocycles. The van der Waals surface area contributed by atoms with E-state index in [1.54, 1.807) is 24.1 Å². The van der Waals surface area contributed by atoms with E-state index in [1.807, 2.05) is 13.0 Å². The summed E-state index contributed by atoms with van der Waals surface area (Å²) in [5.41, 5.74) is 7.41. The molecule has 0 spiro atoms. The highest BCUT2D eigenvalue weighted by Gasteiger charge is 2.05. The molecule has 0 atom stereocenters. The van der Waals surface area contributed by atoms with E-state index in [-0.39, 0.29) is 6.01 Å². The standard InChI is InChI=1S/C10H13N5O/c1-7-8(5-11)3-4-9(13-7)16-10-12-6-15(2)14-10/h3-4,6H,5,11H2,1-2H3. The third-order valence-corrected chi connectivity index (χ3v) is 2.16. The van der Waals surface area contributed by atoms with Crippen molar-refractivity contribution in [3.05, 3.63) is 29.7 Å². The molecule has 2 aromatic rings. The molecule has 16 heavy (non-hydrogen) atoms. The minimum absolute atomic E-state index is 0.287. The topological polar surface area (TPSA) is 78.9 Å². The first-order valence-corrected chi connectivity index (χ1v) is 4.89. The smallest absolute Gasteiger partial charge is 0.342 e. The molecule has 6 heteroatoms. The Morgan fingerprint density at radius 3 is 2.81 bits per heavy atom. The third kappa shape index (κ3) is 2.17. The van der Waals surface area contributed by atoms with Crippen molar-refractivity contribution < 1.29 is 4.74 Å². The Hall–Kier alpha value is -1.95. The Labute approximate surface area is 93.1 Å². The van der Waals surface area contributed by atoms with Crippen molar-refractivity contribution in [3.63, 3.8) is 0 Å². The zero-order chi connectivity index (χ0) is 11.5. The van der Waals surface area contributed by atoms with Crippen molar-refractivity contribution in [3.8, 4) is 11.9 Å². The van der Waals surface area contributed by atoms with Crippen molar-refractivity contribution in [2.75, 3.05) is 0 Å². The van der Waals surface area contributed by atoms with Crippen LogP contribution in [0.2, 0.25) is 0 Å². The molecule has 2 aromatic heterocycles. The first kappa shape index (κ1) is 10.6. The number of hydrogen-bond donors (Lipinski definition) is 1. The van der Waals surface area contributed by atoms with Crippen molar-refractivity contribution in [2.45, 2.75) is 13.5 Å². The summed E-state index contributed by atoms with van der Waals surface area (Å²) in [6, 6.07) is 3.93. The van der Waals surface area contributed by atoms with Crippen LogP contribution < -0.4 is 10.5 Å². The lowest BCUT2D eigenvalue weighted by Gasteiger charge is -2.04. The van der Waals surface area contributed by atoms with Crippen LogP contribution in [0.1, 0.15) is 11.3 Å². The van der Waals surface area contributed by atoms with Gasteiger partial charge in [0.2, 0.25) is 5.88 Å². The summed E-state index contributed by atoms with van der Waals surface area (Å²) >= 11 is 0. The molecule has 84 valence electrons. The van der Waals surface area contributed by atoms with E-state index in [1.165, 1.54) is 0 Å². The van der Waals surface area contributed by atoms with E-state index in [9.17, 15) is 0 Å². The fraction of sp³-hybridized carbons (Fsp3) is 0.300. The molecule has 2 N–H and O–H groups in total. The summed E-state index contributed by atoms with van der Waals surface area (Å²) in [6.45, 7) is 2.36. The first-order chi connectivity index (χ1) is 7.69. The van der Waals surface area contributed by atoms with E-state index >= 15 is 0 Å². The van der Waals surface area contributed by atoms with E-state index in [4.69, 9.17) is 10.5 Å². The molecule has 2 rings (SSSR count). The molecule has 0 unspecified atom stereocenters. The normalized spacial score (nSPS) is 10.4. The quantitative estimate of drug-likeness (QED) is 0.824. The SMILES string of the molecule is Cc1nc(Oc2ncn(C)n2)ccc1CN. The van der Waals surface area contributed by atoms with Gasteiger partial charge in [-0.15, -0.1) is 5.10 Å². The van der Waals surface area contributed by atoms with Gasteiger partial charge < -0.3 is 10.5 Å². The molecule has 0 bridgehead atoms. The first-order valence-electron chi connectivity index (χ1n) is 4.89. The van der Waals surface area contributed by atoms with Crippen molar-refractivity contribution in [1.29, 1.82) is 0 Å². The third-order valence-electron chi connectivity index (χ3n) is 2.16. The molecule has 2 heterocycles. The van der Waals surface area contributed by atoms with Crippen LogP contribution in [0.15, 0.2) is 18.5 Å². The van der Waals surface area contributed by atoms with Gasteiger partial charge in [-0.25, -0.2) is 4.98 Å². The largest absolute Gasteiger partial charge is 0.404 e. The molecule has 0 radical (unpaired) electrons. The van der Waals surface area contributed by atoms with Gasteiger partial charge in [0.25, 0.3) is 0 Å². The van der Waals surface area contributed by atoms with Crippen LogP contribution in [-0.4, -0.2) is 19.7 Å². The maximum atomic E-state index is 5.55. The lowest BCUT2D eigenvalue weighted by atomic mass is 10.2. The number of aryl methyl sites for hydroxylation is 2. The predicted molar refractivity (Wildman–Crippen MR) is 57.9 cm³/mol. The fourth-order valence-electron chi connectivity index (χ4n) is 1.30. The van der Waals surface area contributed by atoms with Crippen LogP contribution in [-0.2, 0) is 13.6 Å².